The van der Waals surface area contributed by atoms with E-state index in [2.05, 4.69) is 25.8 Å². The van der Waals surface area contributed by atoms with Gasteiger partial charge in [-0.2, -0.15) is 0 Å². The zero-order valence-electron chi connectivity index (χ0n) is 16.5. The monoisotopic (exact) mass is 413 g/mol. The molecule has 1 aliphatic carbocycles. The van der Waals surface area contributed by atoms with Crippen LogP contribution in [0.3, 0.4) is 0 Å². The molecular weight excluding hydrogens is 390 g/mol. The maximum Gasteiger partial charge on any atom is 0.234 e. The van der Waals surface area contributed by atoms with Crippen molar-refractivity contribution in [2.24, 2.45) is 7.05 Å². The molecule has 0 spiro atoms. The quantitative estimate of drug-likeness (QED) is 0.565. The number of thioether (sulfide) groups is 1. The lowest BCUT2D eigenvalue weighted by molar-refractivity contribution is -0.120. The van der Waals surface area contributed by atoms with Crippen molar-refractivity contribution in [3.63, 3.8) is 0 Å². The Morgan fingerprint density at radius 1 is 1.38 bits per heavy atom. The van der Waals surface area contributed by atoms with Crippen LogP contribution in [-0.2, 0) is 11.8 Å². The number of methoxy groups -OCH3 is 1. The Morgan fingerprint density at radius 3 is 2.90 bits per heavy atom. The smallest absolute Gasteiger partial charge is 0.234 e. The van der Waals surface area contributed by atoms with Crippen molar-refractivity contribution < 1.29 is 9.53 Å². The summed E-state index contributed by atoms with van der Waals surface area (Å²) in [5, 5.41) is 15.3. The Kier molecular flexibility index (Phi) is 5.52. The number of hydrogen-bond donors (Lipinski definition) is 1. The predicted molar refractivity (Wildman–Crippen MR) is 108 cm³/mol. The van der Waals surface area contributed by atoms with E-state index < -0.39 is 6.04 Å². The molecule has 29 heavy (non-hydrogen) atoms. The molecule has 0 aliphatic heterocycles. The molecular formula is C19H23N7O2S. The molecule has 4 rings (SSSR count). The highest BCUT2D eigenvalue weighted by molar-refractivity contribution is 8.00. The Bertz CT molecular complexity index is 998. The number of carbonyl (C=O) groups excluding carboxylic acids is 1. The molecule has 2 aromatic heterocycles. The number of imidazole rings is 1. The first-order valence-corrected chi connectivity index (χ1v) is 10.3. The van der Waals surface area contributed by atoms with Crippen molar-refractivity contribution in [1.29, 1.82) is 0 Å². The van der Waals surface area contributed by atoms with Crippen LogP contribution in [0.2, 0.25) is 0 Å². The average Bonchev–Trinajstić information content (AvgIpc) is 3.33. The third-order valence-electron chi connectivity index (χ3n) is 4.84. The Labute approximate surface area is 172 Å². The molecule has 1 amide bonds. The number of nitrogens with one attached hydrogen (secondary N) is 1. The number of tetrazole rings is 1. The molecule has 3 aromatic rings. The van der Waals surface area contributed by atoms with E-state index in [1.54, 1.807) is 13.3 Å². The van der Waals surface area contributed by atoms with E-state index in [-0.39, 0.29) is 11.2 Å². The second-order valence-electron chi connectivity index (χ2n) is 7.01. The summed E-state index contributed by atoms with van der Waals surface area (Å²) in [7, 11) is 3.53. The zero-order chi connectivity index (χ0) is 20.4. The van der Waals surface area contributed by atoms with Crippen molar-refractivity contribution in [3.05, 3.63) is 48.0 Å². The van der Waals surface area contributed by atoms with E-state index in [1.807, 2.05) is 53.7 Å². The van der Waals surface area contributed by atoms with Gasteiger partial charge in [-0.3, -0.25) is 4.79 Å². The summed E-state index contributed by atoms with van der Waals surface area (Å²) in [6.07, 6.45) is 5.74. The summed E-state index contributed by atoms with van der Waals surface area (Å²) < 4.78 is 9.06. The van der Waals surface area contributed by atoms with Crippen LogP contribution in [0, 0.1) is 0 Å². The van der Waals surface area contributed by atoms with Gasteiger partial charge in [0.15, 0.2) is 0 Å². The number of aromatic nitrogens is 6. The molecule has 1 N–H and O–H groups in total. The number of nitrogens with zero attached hydrogens (tertiary/aromatic N) is 6. The number of aryl methyl sites for hydroxylation is 1. The summed E-state index contributed by atoms with van der Waals surface area (Å²) >= 11 is 1.36. The van der Waals surface area contributed by atoms with Gasteiger partial charge in [0, 0.05) is 19.4 Å². The van der Waals surface area contributed by atoms with E-state index in [9.17, 15) is 4.79 Å². The Morgan fingerprint density at radius 2 is 2.21 bits per heavy atom. The lowest BCUT2D eigenvalue weighted by atomic mass is 10.1. The molecule has 152 valence electrons. The fourth-order valence-electron chi connectivity index (χ4n) is 3.06. The number of carbonyl (C=O) groups is 1. The highest BCUT2D eigenvalue weighted by Crippen LogP contribution is 2.37. The van der Waals surface area contributed by atoms with Gasteiger partial charge in [-0.05, 0) is 47.9 Å². The topological polar surface area (TPSA) is 99.8 Å². The van der Waals surface area contributed by atoms with E-state index >= 15 is 0 Å². The van der Waals surface area contributed by atoms with Crippen molar-refractivity contribution in [2.75, 3.05) is 7.11 Å². The minimum Gasteiger partial charge on any atom is -0.497 e. The molecule has 2 unspecified atom stereocenters. The molecule has 1 fully saturated rings. The van der Waals surface area contributed by atoms with Crippen molar-refractivity contribution in [2.45, 2.75) is 42.3 Å². The van der Waals surface area contributed by atoms with Crippen LogP contribution in [0.5, 0.6) is 5.75 Å². The fourth-order valence-corrected chi connectivity index (χ4v) is 3.92. The predicted octanol–water partition coefficient (Wildman–Crippen LogP) is 2.14. The second-order valence-corrected chi connectivity index (χ2v) is 8.32. The van der Waals surface area contributed by atoms with Gasteiger partial charge in [-0.1, -0.05) is 23.9 Å². The van der Waals surface area contributed by atoms with Gasteiger partial charge in [0.25, 0.3) is 0 Å². The van der Waals surface area contributed by atoms with Crippen LogP contribution < -0.4 is 10.1 Å². The molecule has 1 aromatic carbocycles. The summed E-state index contributed by atoms with van der Waals surface area (Å²) in [4.78, 5) is 17.5. The first-order valence-electron chi connectivity index (χ1n) is 9.43. The normalized spacial score (nSPS) is 15.7. The molecule has 1 saturated carbocycles. The lowest BCUT2D eigenvalue weighted by Gasteiger charge is -2.21. The van der Waals surface area contributed by atoms with Crippen molar-refractivity contribution >= 4 is 17.7 Å². The summed E-state index contributed by atoms with van der Waals surface area (Å²) in [6.45, 7) is 1.85. The van der Waals surface area contributed by atoms with E-state index in [0.29, 0.717) is 11.2 Å². The van der Waals surface area contributed by atoms with Gasteiger partial charge >= 0.3 is 0 Å². The molecule has 9 nitrogen and oxygen atoms in total. The number of ether oxygens (including phenoxy) is 1. The minimum atomic E-state index is -0.403. The molecule has 10 heteroatoms. The van der Waals surface area contributed by atoms with Crippen molar-refractivity contribution in [1.82, 2.24) is 35.1 Å². The third kappa shape index (κ3) is 4.26. The maximum absolute atomic E-state index is 13.0. The molecule has 0 saturated heterocycles. The maximum atomic E-state index is 13.0. The van der Waals surface area contributed by atoms with Gasteiger partial charge in [0.05, 0.1) is 18.4 Å². The van der Waals surface area contributed by atoms with Gasteiger partial charge in [0.1, 0.15) is 17.6 Å². The lowest BCUT2D eigenvalue weighted by Crippen LogP contribution is -2.36. The van der Waals surface area contributed by atoms with Crippen LogP contribution in [0.1, 0.15) is 43.2 Å². The first kappa shape index (κ1) is 19.4. The van der Waals surface area contributed by atoms with Crippen molar-refractivity contribution in [3.8, 4) is 5.75 Å². The molecule has 0 bridgehead atoms. The second kappa shape index (κ2) is 8.24. The summed E-state index contributed by atoms with van der Waals surface area (Å²) in [6, 6.07) is 7.59. The molecule has 1 aliphatic rings. The van der Waals surface area contributed by atoms with E-state index in [0.717, 1.165) is 30.0 Å². The van der Waals surface area contributed by atoms with Crippen LogP contribution in [0.4, 0.5) is 0 Å². The minimum absolute atomic E-state index is 0.115. The zero-order valence-corrected chi connectivity index (χ0v) is 17.3. The van der Waals surface area contributed by atoms with Gasteiger partial charge in [-0.15, -0.1) is 5.10 Å². The average molecular weight is 414 g/mol. The number of hydrogen-bond acceptors (Lipinski definition) is 7. The van der Waals surface area contributed by atoms with Crippen LogP contribution in [-0.4, -0.2) is 48.0 Å². The Balaban J connectivity index is 1.54. The number of rotatable bonds is 8. The fraction of sp³-hybridized carbons (Fsp3) is 0.421. The van der Waals surface area contributed by atoms with E-state index in [4.69, 9.17) is 4.74 Å². The Hall–Kier alpha value is -2.88. The number of amides is 1. The molecule has 2 heterocycles. The largest absolute Gasteiger partial charge is 0.497 e. The SMILES string of the molecule is COc1cccc(C(NC(=O)C(C)Sc2nnnn2C2CC2)c2nccn2C)c1. The molecule has 2 atom stereocenters. The standard InChI is InChI=1S/C19H23N7O2S/c1-12(29-19-22-23-24-26(19)14-7-8-14)18(27)21-16(17-20-9-10-25(17)2)13-5-4-6-15(11-13)28-3/h4-6,9-12,14,16H,7-8H2,1-3H3,(H,21,27). The highest BCUT2D eigenvalue weighted by atomic mass is 32.2. The third-order valence-corrected chi connectivity index (χ3v) is 5.88. The summed E-state index contributed by atoms with van der Waals surface area (Å²) in [5.41, 5.74) is 0.895. The van der Waals surface area contributed by atoms with Gasteiger partial charge < -0.3 is 14.6 Å². The first-order chi connectivity index (χ1) is 14.1. The number of benzene rings is 1. The highest BCUT2D eigenvalue weighted by Gasteiger charge is 2.30. The van der Waals surface area contributed by atoms with Gasteiger partial charge in [-0.25, -0.2) is 9.67 Å². The van der Waals surface area contributed by atoms with Crippen LogP contribution >= 0.6 is 11.8 Å². The van der Waals surface area contributed by atoms with Crippen LogP contribution in [0.15, 0.2) is 41.8 Å². The van der Waals surface area contributed by atoms with Crippen LogP contribution in [0.25, 0.3) is 0 Å². The summed E-state index contributed by atoms with van der Waals surface area (Å²) in [5.74, 6) is 1.35. The van der Waals surface area contributed by atoms with E-state index in [1.165, 1.54) is 11.8 Å². The van der Waals surface area contributed by atoms with Gasteiger partial charge in [0.2, 0.25) is 11.1 Å². The molecule has 0 radical (unpaired) electrons.